The first-order valence-corrected chi connectivity index (χ1v) is 21.9. The van der Waals surface area contributed by atoms with Crippen LogP contribution in [0.1, 0.15) is 126 Å². The largest absolute Gasteiger partial charge is 0.311 e. The van der Waals surface area contributed by atoms with Crippen molar-refractivity contribution in [2.45, 2.75) is 123 Å². The van der Waals surface area contributed by atoms with Gasteiger partial charge in [-0.05, 0) is 182 Å². The summed E-state index contributed by atoms with van der Waals surface area (Å²) in [6, 6.07) is 41.1. The van der Waals surface area contributed by atoms with Gasteiger partial charge in [-0.3, -0.25) is 0 Å². The normalized spacial score (nSPS) is 19.3. The molecule has 0 aromatic heterocycles. The molecule has 0 radical (unpaired) electrons. The van der Waals surface area contributed by atoms with E-state index in [1.54, 1.807) is 0 Å². The molecule has 6 aromatic carbocycles. The third-order valence-corrected chi connectivity index (χ3v) is 15.5. The van der Waals surface area contributed by atoms with Crippen molar-refractivity contribution >= 4 is 57.2 Å². The lowest BCUT2D eigenvalue weighted by atomic mass is 9.33. The molecule has 5 aliphatic rings. The van der Waals surface area contributed by atoms with Gasteiger partial charge in [0, 0.05) is 34.1 Å². The number of fused-ring (bicyclic) bond motifs is 9. The number of rotatable bonds is 2. The quantitative estimate of drug-likeness (QED) is 0.162. The van der Waals surface area contributed by atoms with Crippen LogP contribution in [0.3, 0.4) is 0 Å². The number of benzene rings is 6. The monoisotopic (exact) mass is 756 g/mol. The molecule has 3 heteroatoms. The number of hydrogen-bond acceptors (Lipinski definition) is 2. The van der Waals surface area contributed by atoms with Crippen LogP contribution in [-0.4, -0.2) is 6.71 Å². The number of nitrogens with zero attached hydrogens (tertiary/aromatic N) is 2. The van der Waals surface area contributed by atoms with Gasteiger partial charge in [0.25, 0.3) is 6.71 Å². The van der Waals surface area contributed by atoms with Crippen molar-refractivity contribution < 1.29 is 0 Å². The highest BCUT2D eigenvalue weighted by Gasteiger charge is 2.48. The first kappa shape index (κ1) is 36.1. The molecule has 0 saturated heterocycles. The maximum absolute atomic E-state index is 2.69. The lowest BCUT2D eigenvalue weighted by Crippen LogP contribution is -2.62. The van der Waals surface area contributed by atoms with Crippen molar-refractivity contribution in [3.05, 3.63) is 148 Å². The Bertz CT molecular complexity index is 2760. The van der Waals surface area contributed by atoms with Gasteiger partial charge in [0.1, 0.15) is 0 Å². The molecule has 0 amide bonds. The van der Waals surface area contributed by atoms with E-state index in [1.807, 2.05) is 0 Å². The van der Waals surface area contributed by atoms with E-state index < -0.39 is 0 Å². The lowest BCUT2D eigenvalue weighted by Gasteiger charge is -2.48. The van der Waals surface area contributed by atoms with Crippen LogP contribution in [0.5, 0.6) is 0 Å². The van der Waals surface area contributed by atoms with Crippen LogP contribution >= 0.6 is 0 Å². The summed E-state index contributed by atoms with van der Waals surface area (Å²) in [4.78, 5) is 5.32. The van der Waals surface area contributed by atoms with Crippen molar-refractivity contribution in [3.8, 4) is 11.1 Å². The molecule has 0 spiro atoms. The SMILES string of the molecule is Cc1cc2c3c(c1)N(c1ccccc1C)c1cc4c(cc1B3c1cc3c(cc1N2c1ccc2c(c1)C(C)(C)CCC2(C)C)C(C)(C)CCC3(C)C)-c1ccccc1C4. The van der Waals surface area contributed by atoms with E-state index >= 15 is 0 Å². The first-order chi connectivity index (χ1) is 27.5. The molecule has 290 valence electrons. The molecule has 0 fully saturated rings. The fraction of sp³-hybridized carbons (Fsp3) is 0.345. The second kappa shape index (κ2) is 11.8. The van der Waals surface area contributed by atoms with Crippen LogP contribution in [0.4, 0.5) is 34.1 Å². The van der Waals surface area contributed by atoms with Gasteiger partial charge in [-0.15, -0.1) is 0 Å². The highest BCUT2D eigenvalue weighted by molar-refractivity contribution is 7.00. The molecule has 0 atom stereocenters. The molecule has 0 N–H and O–H groups in total. The van der Waals surface area contributed by atoms with Crippen LogP contribution in [0.15, 0.2) is 103 Å². The summed E-state index contributed by atoms with van der Waals surface area (Å²) in [7, 11) is 0. The van der Waals surface area contributed by atoms with E-state index in [9.17, 15) is 0 Å². The van der Waals surface area contributed by atoms with Crippen LogP contribution in [0.25, 0.3) is 11.1 Å². The Hall–Kier alpha value is -5.02. The Balaban J connectivity index is 1.27. The summed E-state index contributed by atoms with van der Waals surface area (Å²) >= 11 is 0. The van der Waals surface area contributed by atoms with Gasteiger partial charge in [-0.25, -0.2) is 0 Å². The number of hydrogen-bond donors (Lipinski definition) is 0. The topological polar surface area (TPSA) is 6.48 Å². The van der Waals surface area contributed by atoms with Crippen LogP contribution in [0, 0.1) is 13.8 Å². The Morgan fingerprint density at radius 3 is 1.72 bits per heavy atom. The minimum Gasteiger partial charge on any atom is -0.311 e. The van der Waals surface area contributed by atoms with Crippen molar-refractivity contribution in [3.63, 3.8) is 0 Å². The third kappa shape index (κ3) is 4.98. The average molecular weight is 757 g/mol. The zero-order chi connectivity index (χ0) is 40.3. The molecule has 0 bridgehead atoms. The van der Waals surface area contributed by atoms with E-state index in [4.69, 9.17) is 0 Å². The molecule has 6 aromatic rings. The summed E-state index contributed by atoms with van der Waals surface area (Å²) in [5.41, 5.74) is 26.8. The molecule has 2 heterocycles. The molecule has 0 unspecified atom stereocenters. The van der Waals surface area contributed by atoms with Crippen molar-refractivity contribution in [2.75, 3.05) is 9.80 Å². The highest BCUT2D eigenvalue weighted by Crippen LogP contribution is 2.53. The minimum absolute atomic E-state index is 0.0854. The molecule has 11 rings (SSSR count). The zero-order valence-corrected chi connectivity index (χ0v) is 36.3. The number of anilines is 6. The Labute approximate surface area is 347 Å². The van der Waals surface area contributed by atoms with Crippen LogP contribution in [0.2, 0.25) is 0 Å². The fourth-order valence-corrected chi connectivity index (χ4v) is 11.9. The maximum atomic E-state index is 2.69. The number of aryl methyl sites for hydroxylation is 2. The zero-order valence-electron chi connectivity index (χ0n) is 36.3. The smallest absolute Gasteiger partial charge is 0.252 e. The molecule has 58 heavy (non-hydrogen) atoms. The minimum atomic E-state index is 0.0854. The third-order valence-electron chi connectivity index (χ3n) is 15.5. The van der Waals surface area contributed by atoms with Crippen LogP contribution < -0.4 is 26.2 Å². The van der Waals surface area contributed by atoms with Gasteiger partial charge < -0.3 is 9.80 Å². The Morgan fingerprint density at radius 2 is 1.02 bits per heavy atom. The fourth-order valence-electron chi connectivity index (χ4n) is 11.9. The molecule has 3 aliphatic carbocycles. The molecule has 2 aliphatic heterocycles. The Kier molecular flexibility index (Phi) is 7.35. The lowest BCUT2D eigenvalue weighted by molar-refractivity contribution is 0.332. The van der Waals surface area contributed by atoms with E-state index in [0.29, 0.717) is 0 Å². The average Bonchev–Trinajstić information content (AvgIpc) is 3.55. The first-order valence-electron chi connectivity index (χ1n) is 21.9. The maximum Gasteiger partial charge on any atom is 0.252 e. The van der Waals surface area contributed by atoms with Gasteiger partial charge in [-0.1, -0.05) is 116 Å². The van der Waals surface area contributed by atoms with Gasteiger partial charge in [0.15, 0.2) is 0 Å². The summed E-state index contributed by atoms with van der Waals surface area (Å²) in [5.74, 6) is 0. The van der Waals surface area contributed by atoms with E-state index in [-0.39, 0.29) is 28.4 Å². The summed E-state index contributed by atoms with van der Waals surface area (Å²) < 4.78 is 0. The molecular weight excluding hydrogens is 699 g/mol. The van der Waals surface area contributed by atoms with Crippen molar-refractivity contribution in [1.82, 2.24) is 0 Å². The highest BCUT2D eigenvalue weighted by atomic mass is 15.2. The van der Waals surface area contributed by atoms with E-state index in [0.717, 1.165) is 6.42 Å². The van der Waals surface area contributed by atoms with Gasteiger partial charge in [-0.2, -0.15) is 0 Å². The second-order valence-corrected chi connectivity index (χ2v) is 21.2. The second-order valence-electron chi connectivity index (χ2n) is 21.2. The summed E-state index contributed by atoms with van der Waals surface area (Å²) in [6.07, 6.45) is 5.77. The number of para-hydroxylation sites is 1. The standard InChI is InChI=1S/C55H57BN2/c1-33-25-49-51-50(26-33)58(46-18-14-11-15-34(46)2)47-28-36-27-35-16-12-13-17-38(35)39(36)30-44(47)56(51)45-31-42-43(55(9,10)24-23-54(42,7)8)32-48(45)57(49)37-19-20-40-41(29-37)53(5,6)22-21-52(40,3)4/h11-20,25-26,28-32H,21-24,27H2,1-10H3. The molecular formula is C55H57BN2. The van der Waals surface area contributed by atoms with Gasteiger partial charge >= 0.3 is 0 Å². The van der Waals surface area contributed by atoms with E-state index in [2.05, 4.69) is 182 Å². The molecule has 0 saturated carbocycles. The van der Waals surface area contributed by atoms with Crippen LogP contribution in [-0.2, 0) is 28.1 Å². The molecule has 2 nitrogen and oxygen atoms in total. The predicted molar refractivity (Wildman–Crippen MR) is 249 cm³/mol. The van der Waals surface area contributed by atoms with Gasteiger partial charge in [0.2, 0.25) is 0 Å². The predicted octanol–water partition coefficient (Wildman–Crippen LogP) is 12.7. The van der Waals surface area contributed by atoms with Crippen molar-refractivity contribution in [1.29, 1.82) is 0 Å². The Morgan fingerprint density at radius 1 is 0.448 bits per heavy atom. The van der Waals surface area contributed by atoms with Crippen molar-refractivity contribution in [2.24, 2.45) is 0 Å². The summed E-state index contributed by atoms with van der Waals surface area (Å²) in [6.45, 7) is 24.4. The van der Waals surface area contributed by atoms with Gasteiger partial charge in [0.05, 0.1) is 0 Å². The van der Waals surface area contributed by atoms with E-state index in [1.165, 1.54) is 132 Å². The summed E-state index contributed by atoms with van der Waals surface area (Å²) in [5, 5.41) is 0.